The lowest BCUT2D eigenvalue weighted by Gasteiger charge is -2.21. The molecule has 2 rings (SSSR count). The molecule has 0 aliphatic rings. The molecule has 0 saturated heterocycles. The van der Waals surface area contributed by atoms with Crippen molar-refractivity contribution < 1.29 is 28.9 Å². The van der Waals surface area contributed by atoms with Gasteiger partial charge < -0.3 is 19.7 Å². The van der Waals surface area contributed by atoms with Gasteiger partial charge in [0.25, 0.3) is 0 Å². The molecule has 1 aromatic heterocycles. The van der Waals surface area contributed by atoms with E-state index in [2.05, 4.69) is 4.98 Å². The minimum atomic E-state index is -1.11. The number of aliphatic hydroxyl groups excluding tert-OH is 2. The van der Waals surface area contributed by atoms with Crippen LogP contribution in [0.2, 0.25) is 0 Å². The van der Waals surface area contributed by atoms with Crippen molar-refractivity contribution in [3.63, 3.8) is 0 Å². The number of ether oxygens (including phenoxy) is 2. The summed E-state index contributed by atoms with van der Waals surface area (Å²) in [5.41, 5.74) is 0.955. The SMILES string of the molecule is CCOCn1c(-c2ccc(F)cc2)c(/C=C/[C@@H](O)C[C@@H](O)CC(=O)OC(C)(C)C)c(C(C)C)nc1=O. The molecule has 0 bridgehead atoms. The Hall–Kier alpha value is -2.88. The Morgan fingerprint density at radius 3 is 2.39 bits per heavy atom. The monoisotopic (exact) mass is 504 g/mol. The number of halogens is 1. The Morgan fingerprint density at radius 1 is 1.19 bits per heavy atom. The van der Waals surface area contributed by atoms with Gasteiger partial charge in [-0.2, -0.15) is 4.98 Å². The predicted molar refractivity (Wildman–Crippen MR) is 136 cm³/mol. The van der Waals surface area contributed by atoms with Crippen LogP contribution in [0.4, 0.5) is 4.39 Å². The van der Waals surface area contributed by atoms with E-state index in [1.54, 1.807) is 45.9 Å². The lowest BCUT2D eigenvalue weighted by molar-refractivity contribution is -0.157. The van der Waals surface area contributed by atoms with E-state index in [1.165, 1.54) is 22.8 Å². The van der Waals surface area contributed by atoms with E-state index in [9.17, 15) is 24.2 Å². The summed E-state index contributed by atoms with van der Waals surface area (Å²) in [4.78, 5) is 29.1. The molecule has 1 heterocycles. The van der Waals surface area contributed by atoms with Gasteiger partial charge in [-0.05, 0) is 63.4 Å². The fourth-order valence-corrected chi connectivity index (χ4v) is 3.64. The number of benzene rings is 1. The van der Waals surface area contributed by atoms with Crippen LogP contribution in [0.5, 0.6) is 0 Å². The van der Waals surface area contributed by atoms with Crippen LogP contribution >= 0.6 is 0 Å². The van der Waals surface area contributed by atoms with Crippen LogP contribution in [-0.4, -0.2) is 50.1 Å². The molecule has 0 radical (unpaired) electrons. The molecular weight excluding hydrogens is 467 g/mol. The number of aliphatic hydroxyl groups is 2. The highest BCUT2D eigenvalue weighted by Crippen LogP contribution is 2.29. The first kappa shape index (κ1) is 29.4. The van der Waals surface area contributed by atoms with Crippen molar-refractivity contribution in [3.8, 4) is 11.3 Å². The third-order valence-corrected chi connectivity index (χ3v) is 5.16. The Bertz CT molecular complexity index is 1100. The number of rotatable bonds is 11. The van der Waals surface area contributed by atoms with E-state index in [0.717, 1.165) is 0 Å². The summed E-state index contributed by atoms with van der Waals surface area (Å²) in [7, 11) is 0. The number of aromatic nitrogens is 2. The molecule has 2 atom stereocenters. The highest BCUT2D eigenvalue weighted by atomic mass is 19.1. The van der Waals surface area contributed by atoms with Gasteiger partial charge in [0.15, 0.2) is 0 Å². The van der Waals surface area contributed by atoms with E-state index in [-0.39, 0.29) is 25.5 Å². The van der Waals surface area contributed by atoms with Gasteiger partial charge in [0.1, 0.15) is 18.1 Å². The molecule has 0 fully saturated rings. The fraction of sp³-hybridized carbons (Fsp3) is 0.519. The minimum absolute atomic E-state index is 0.0502. The quantitative estimate of drug-likeness (QED) is 0.445. The average Bonchev–Trinajstić information content (AvgIpc) is 2.75. The average molecular weight is 505 g/mol. The summed E-state index contributed by atoms with van der Waals surface area (Å²) < 4.78 is 25.7. The third-order valence-electron chi connectivity index (χ3n) is 5.16. The molecule has 36 heavy (non-hydrogen) atoms. The zero-order valence-corrected chi connectivity index (χ0v) is 21.8. The molecule has 0 unspecified atom stereocenters. The van der Waals surface area contributed by atoms with Gasteiger partial charge in [0.2, 0.25) is 0 Å². The van der Waals surface area contributed by atoms with Gasteiger partial charge in [0, 0.05) is 18.6 Å². The summed E-state index contributed by atoms with van der Waals surface area (Å²) >= 11 is 0. The van der Waals surface area contributed by atoms with Crippen molar-refractivity contribution in [3.05, 3.63) is 57.9 Å². The predicted octanol–water partition coefficient (Wildman–Crippen LogP) is 4.02. The summed E-state index contributed by atoms with van der Waals surface area (Å²) in [5, 5.41) is 20.8. The maximum atomic E-state index is 13.6. The molecule has 0 saturated carbocycles. The van der Waals surface area contributed by atoms with E-state index >= 15 is 0 Å². The number of carbonyl (C=O) groups excluding carboxylic acids is 1. The van der Waals surface area contributed by atoms with Gasteiger partial charge in [-0.25, -0.2) is 9.18 Å². The smallest absolute Gasteiger partial charge is 0.350 e. The Morgan fingerprint density at radius 2 is 1.83 bits per heavy atom. The molecule has 198 valence electrons. The van der Waals surface area contributed by atoms with E-state index in [1.807, 2.05) is 13.8 Å². The maximum absolute atomic E-state index is 13.6. The molecule has 0 aliphatic carbocycles. The zero-order valence-electron chi connectivity index (χ0n) is 21.8. The van der Waals surface area contributed by atoms with Crippen molar-refractivity contribution in [1.82, 2.24) is 9.55 Å². The van der Waals surface area contributed by atoms with E-state index in [4.69, 9.17) is 9.47 Å². The van der Waals surface area contributed by atoms with Crippen molar-refractivity contribution >= 4 is 12.0 Å². The Kier molecular flexibility index (Phi) is 10.5. The Labute approximate surface area is 211 Å². The normalized spacial score (nSPS) is 13.8. The van der Waals surface area contributed by atoms with Gasteiger partial charge in [0.05, 0.1) is 30.0 Å². The van der Waals surface area contributed by atoms with Crippen molar-refractivity contribution in [2.75, 3.05) is 6.61 Å². The van der Waals surface area contributed by atoms with Crippen LogP contribution in [0.25, 0.3) is 17.3 Å². The standard InChI is InChI=1S/C27H37FN2O6/c1-7-35-16-30-25(18-8-10-19(28)11-9-18)22(24(17(2)3)29-26(30)34)13-12-20(31)14-21(32)15-23(33)36-27(4,5)6/h8-13,17,20-21,31-32H,7,14-16H2,1-6H3/b13-12+/t20-,21-/m1/s1. The highest BCUT2D eigenvalue weighted by molar-refractivity contribution is 5.74. The molecule has 1 aromatic carbocycles. The third kappa shape index (κ3) is 8.65. The lowest BCUT2D eigenvalue weighted by Crippen LogP contribution is -2.29. The number of hydrogen-bond acceptors (Lipinski definition) is 7. The second-order valence-electron chi connectivity index (χ2n) is 9.86. The van der Waals surface area contributed by atoms with Crippen LogP contribution in [-0.2, 0) is 21.0 Å². The number of carbonyl (C=O) groups is 1. The topological polar surface area (TPSA) is 111 Å². The first-order chi connectivity index (χ1) is 16.8. The lowest BCUT2D eigenvalue weighted by atomic mass is 9.97. The van der Waals surface area contributed by atoms with Gasteiger partial charge in [-0.15, -0.1) is 0 Å². The Balaban J connectivity index is 2.44. The molecule has 0 amide bonds. The fourth-order valence-electron chi connectivity index (χ4n) is 3.64. The molecular formula is C27H37FN2O6. The molecule has 9 heteroatoms. The number of nitrogens with zero attached hydrogens (tertiary/aromatic N) is 2. The summed E-state index contributed by atoms with van der Waals surface area (Å²) in [6.45, 7) is 11.1. The molecule has 0 spiro atoms. The summed E-state index contributed by atoms with van der Waals surface area (Å²) in [5.74, 6) is -1.10. The number of esters is 1. The van der Waals surface area contributed by atoms with Crippen molar-refractivity contribution in [1.29, 1.82) is 0 Å². The zero-order chi connectivity index (χ0) is 27.0. The first-order valence-electron chi connectivity index (χ1n) is 12.1. The minimum Gasteiger partial charge on any atom is -0.460 e. The van der Waals surface area contributed by atoms with Gasteiger partial charge >= 0.3 is 11.7 Å². The molecule has 8 nitrogen and oxygen atoms in total. The molecule has 2 N–H and O–H groups in total. The van der Waals surface area contributed by atoms with Crippen LogP contribution < -0.4 is 5.69 Å². The van der Waals surface area contributed by atoms with Crippen molar-refractivity contribution in [2.45, 2.75) is 84.8 Å². The highest BCUT2D eigenvalue weighted by Gasteiger charge is 2.22. The molecule has 0 aliphatic heterocycles. The summed E-state index contributed by atoms with van der Waals surface area (Å²) in [6, 6.07) is 5.73. The van der Waals surface area contributed by atoms with E-state index < -0.39 is 35.3 Å². The van der Waals surface area contributed by atoms with Gasteiger partial charge in [-0.3, -0.25) is 9.36 Å². The van der Waals surface area contributed by atoms with Crippen LogP contribution in [0, 0.1) is 5.82 Å². The first-order valence-corrected chi connectivity index (χ1v) is 12.1. The van der Waals surface area contributed by atoms with E-state index in [0.29, 0.717) is 29.1 Å². The maximum Gasteiger partial charge on any atom is 0.350 e. The second-order valence-corrected chi connectivity index (χ2v) is 9.86. The van der Waals surface area contributed by atoms with Crippen LogP contribution in [0.15, 0.2) is 35.1 Å². The number of hydrogen-bond donors (Lipinski definition) is 2. The largest absolute Gasteiger partial charge is 0.460 e. The van der Waals surface area contributed by atoms with Crippen molar-refractivity contribution in [2.24, 2.45) is 0 Å². The van der Waals surface area contributed by atoms with Crippen LogP contribution in [0.3, 0.4) is 0 Å². The second kappa shape index (κ2) is 12.9. The van der Waals surface area contributed by atoms with Crippen LogP contribution in [0.1, 0.15) is 71.6 Å². The summed E-state index contributed by atoms with van der Waals surface area (Å²) in [6.07, 6.45) is 0.574. The van der Waals surface area contributed by atoms with Gasteiger partial charge in [-0.1, -0.05) is 26.0 Å². The molecule has 2 aromatic rings.